The fourth-order valence-electron chi connectivity index (χ4n) is 2.37. The number of hydrogen-bond acceptors (Lipinski definition) is 3. The Labute approximate surface area is 109 Å². The van der Waals surface area contributed by atoms with E-state index in [1.54, 1.807) is 23.5 Å². The van der Waals surface area contributed by atoms with Crippen LogP contribution in [0.15, 0.2) is 41.8 Å². The SMILES string of the molecule is CC(c1cccs1)N1C(=O)c2ccccc2C1O. The van der Waals surface area contributed by atoms with Gasteiger partial charge < -0.3 is 10.0 Å². The molecular weight excluding hydrogens is 246 g/mol. The quantitative estimate of drug-likeness (QED) is 0.900. The highest BCUT2D eigenvalue weighted by atomic mass is 32.1. The standard InChI is InChI=1S/C14H13NO2S/c1-9(12-7-4-8-18-12)15-13(16)10-5-2-3-6-11(10)14(15)17/h2-9,13,16H,1H3. The van der Waals surface area contributed by atoms with Gasteiger partial charge >= 0.3 is 0 Å². The number of fused-ring (bicyclic) bond motifs is 1. The van der Waals surface area contributed by atoms with Crippen molar-refractivity contribution in [3.05, 3.63) is 57.8 Å². The number of nitrogens with zero attached hydrogens (tertiary/aromatic N) is 1. The van der Waals surface area contributed by atoms with Crippen LogP contribution in [0.1, 0.15) is 40.0 Å². The molecule has 0 aliphatic carbocycles. The molecule has 0 bridgehead atoms. The van der Waals surface area contributed by atoms with Crippen molar-refractivity contribution >= 4 is 17.2 Å². The summed E-state index contributed by atoms with van der Waals surface area (Å²) >= 11 is 1.60. The van der Waals surface area contributed by atoms with Crippen molar-refractivity contribution in [2.24, 2.45) is 0 Å². The van der Waals surface area contributed by atoms with Gasteiger partial charge in [-0.2, -0.15) is 0 Å². The smallest absolute Gasteiger partial charge is 0.257 e. The van der Waals surface area contributed by atoms with Crippen molar-refractivity contribution in [3.8, 4) is 0 Å². The van der Waals surface area contributed by atoms with Crippen LogP contribution in [0.5, 0.6) is 0 Å². The molecule has 0 fully saturated rings. The first-order chi connectivity index (χ1) is 8.70. The van der Waals surface area contributed by atoms with Gasteiger partial charge in [0.05, 0.1) is 6.04 Å². The van der Waals surface area contributed by atoms with Gasteiger partial charge in [-0.1, -0.05) is 24.3 Å². The maximum atomic E-state index is 12.3. The van der Waals surface area contributed by atoms with E-state index in [1.807, 2.05) is 36.6 Å². The number of carbonyl (C=O) groups excluding carboxylic acids is 1. The summed E-state index contributed by atoms with van der Waals surface area (Å²) in [4.78, 5) is 14.9. The largest absolute Gasteiger partial charge is 0.369 e. The number of thiophene rings is 1. The van der Waals surface area contributed by atoms with Crippen molar-refractivity contribution in [1.29, 1.82) is 0 Å². The molecule has 1 aromatic carbocycles. The van der Waals surface area contributed by atoms with E-state index >= 15 is 0 Å². The topological polar surface area (TPSA) is 40.5 Å². The summed E-state index contributed by atoms with van der Waals surface area (Å²) in [6.07, 6.45) is -0.842. The molecular formula is C14H13NO2S. The Morgan fingerprint density at radius 1 is 1.28 bits per heavy atom. The number of rotatable bonds is 2. The Kier molecular flexibility index (Phi) is 2.69. The maximum absolute atomic E-state index is 12.3. The lowest BCUT2D eigenvalue weighted by atomic mass is 10.1. The lowest BCUT2D eigenvalue weighted by Crippen LogP contribution is -2.30. The Bertz CT molecular complexity index is 575. The summed E-state index contributed by atoms with van der Waals surface area (Å²) in [5.41, 5.74) is 1.30. The van der Waals surface area contributed by atoms with Gasteiger partial charge in [-0.25, -0.2) is 0 Å². The van der Waals surface area contributed by atoms with Crippen LogP contribution in [-0.2, 0) is 0 Å². The van der Waals surface area contributed by atoms with E-state index in [0.29, 0.717) is 11.1 Å². The highest BCUT2D eigenvalue weighted by molar-refractivity contribution is 7.10. The van der Waals surface area contributed by atoms with Crippen molar-refractivity contribution in [2.45, 2.75) is 19.2 Å². The number of carbonyl (C=O) groups is 1. The molecule has 1 aromatic heterocycles. The normalized spacial score (nSPS) is 20.0. The average Bonchev–Trinajstić information content (AvgIpc) is 2.99. The molecule has 4 heteroatoms. The molecule has 3 rings (SSSR count). The van der Waals surface area contributed by atoms with E-state index in [2.05, 4.69) is 0 Å². The number of aliphatic hydroxyl groups excluding tert-OH is 1. The zero-order chi connectivity index (χ0) is 12.7. The zero-order valence-corrected chi connectivity index (χ0v) is 10.7. The van der Waals surface area contributed by atoms with Crippen LogP contribution in [0.4, 0.5) is 0 Å². The first-order valence-corrected chi connectivity index (χ1v) is 6.71. The molecule has 2 aromatic rings. The Morgan fingerprint density at radius 2 is 2.06 bits per heavy atom. The first kappa shape index (κ1) is 11.4. The van der Waals surface area contributed by atoms with E-state index in [9.17, 15) is 9.90 Å². The molecule has 0 spiro atoms. The van der Waals surface area contributed by atoms with Crippen LogP contribution in [0, 0.1) is 0 Å². The third kappa shape index (κ3) is 1.57. The summed E-state index contributed by atoms with van der Waals surface area (Å²) < 4.78 is 0. The van der Waals surface area contributed by atoms with Crippen LogP contribution < -0.4 is 0 Å². The van der Waals surface area contributed by atoms with Crippen LogP contribution >= 0.6 is 11.3 Å². The van der Waals surface area contributed by atoms with Crippen molar-refractivity contribution < 1.29 is 9.90 Å². The number of aliphatic hydroxyl groups is 1. The summed E-state index contributed by atoms with van der Waals surface area (Å²) in [6.45, 7) is 1.94. The van der Waals surface area contributed by atoms with Crippen LogP contribution in [0.25, 0.3) is 0 Å². The lowest BCUT2D eigenvalue weighted by Gasteiger charge is -2.27. The highest BCUT2D eigenvalue weighted by Crippen LogP contribution is 2.38. The van der Waals surface area contributed by atoms with E-state index in [1.165, 1.54) is 4.90 Å². The summed E-state index contributed by atoms with van der Waals surface area (Å²) in [5.74, 6) is -0.0981. The molecule has 18 heavy (non-hydrogen) atoms. The maximum Gasteiger partial charge on any atom is 0.257 e. The number of amides is 1. The molecule has 1 aliphatic rings. The Balaban J connectivity index is 1.99. The molecule has 0 radical (unpaired) electrons. The molecule has 1 N–H and O–H groups in total. The Morgan fingerprint density at radius 3 is 2.72 bits per heavy atom. The second kappa shape index (κ2) is 4.23. The van der Waals surface area contributed by atoms with Gasteiger partial charge in [0, 0.05) is 16.0 Å². The fourth-order valence-corrected chi connectivity index (χ4v) is 3.15. The minimum atomic E-state index is -0.842. The second-order valence-electron chi connectivity index (χ2n) is 4.36. The average molecular weight is 259 g/mol. The Hall–Kier alpha value is -1.65. The third-order valence-corrected chi connectivity index (χ3v) is 4.38. The number of benzene rings is 1. The van der Waals surface area contributed by atoms with Gasteiger partial charge in [0.25, 0.3) is 5.91 Å². The van der Waals surface area contributed by atoms with Crippen molar-refractivity contribution in [2.75, 3.05) is 0 Å². The molecule has 2 atom stereocenters. The number of hydrogen-bond donors (Lipinski definition) is 1. The van der Waals surface area contributed by atoms with E-state index in [0.717, 1.165) is 4.88 Å². The second-order valence-corrected chi connectivity index (χ2v) is 5.34. The van der Waals surface area contributed by atoms with Crippen LogP contribution in [0.3, 0.4) is 0 Å². The minimum Gasteiger partial charge on any atom is -0.369 e. The van der Waals surface area contributed by atoms with E-state index < -0.39 is 6.23 Å². The van der Waals surface area contributed by atoms with E-state index in [4.69, 9.17) is 0 Å². The summed E-state index contributed by atoms with van der Waals surface area (Å²) in [6, 6.07) is 11.1. The fraction of sp³-hybridized carbons (Fsp3) is 0.214. The van der Waals surface area contributed by atoms with Crippen LogP contribution in [-0.4, -0.2) is 15.9 Å². The molecule has 2 unspecified atom stereocenters. The lowest BCUT2D eigenvalue weighted by molar-refractivity contribution is 0.000339. The van der Waals surface area contributed by atoms with Gasteiger partial charge in [-0.3, -0.25) is 4.79 Å². The van der Waals surface area contributed by atoms with Crippen LogP contribution in [0.2, 0.25) is 0 Å². The molecule has 92 valence electrons. The van der Waals surface area contributed by atoms with Gasteiger partial charge in [0.1, 0.15) is 0 Å². The third-order valence-electron chi connectivity index (χ3n) is 3.34. The summed E-state index contributed by atoms with van der Waals surface area (Å²) in [7, 11) is 0. The molecule has 3 nitrogen and oxygen atoms in total. The minimum absolute atomic E-state index is 0.0981. The predicted octanol–water partition coefficient (Wildman–Crippen LogP) is 2.96. The van der Waals surface area contributed by atoms with Crippen molar-refractivity contribution in [3.63, 3.8) is 0 Å². The van der Waals surface area contributed by atoms with Gasteiger partial charge in [0.15, 0.2) is 6.23 Å². The molecule has 1 aliphatic heterocycles. The molecule has 1 amide bonds. The molecule has 2 heterocycles. The first-order valence-electron chi connectivity index (χ1n) is 5.83. The van der Waals surface area contributed by atoms with Crippen molar-refractivity contribution in [1.82, 2.24) is 4.90 Å². The molecule has 0 saturated carbocycles. The van der Waals surface area contributed by atoms with Gasteiger partial charge in [-0.05, 0) is 24.4 Å². The zero-order valence-electron chi connectivity index (χ0n) is 9.91. The monoisotopic (exact) mass is 259 g/mol. The van der Waals surface area contributed by atoms with Gasteiger partial charge in [-0.15, -0.1) is 11.3 Å². The van der Waals surface area contributed by atoms with E-state index in [-0.39, 0.29) is 11.9 Å². The predicted molar refractivity (Wildman–Crippen MR) is 70.3 cm³/mol. The molecule has 0 saturated heterocycles. The highest BCUT2D eigenvalue weighted by Gasteiger charge is 2.38. The van der Waals surface area contributed by atoms with Gasteiger partial charge in [0.2, 0.25) is 0 Å². The summed E-state index contributed by atoms with van der Waals surface area (Å²) in [5, 5.41) is 12.3.